The van der Waals surface area contributed by atoms with Gasteiger partial charge in [0, 0.05) is 12.1 Å². The van der Waals surface area contributed by atoms with Gasteiger partial charge >= 0.3 is 18.0 Å². The fourth-order valence-corrected chi connectivity index (χ4v) is 3.74. The second kappa shape index (κ2) is 13.7. The van der Waals surface area contributed by atoms with Crippen molar-refractivity contribution in [2.75, 3.05) is 26.7 Å². The zero-order valence-corrected chi connectivity index (χ0v) is 21.0. The van der Waals surface area contributed by atoms with Crippen molar-refractivity contribution >= 4 is 23.9 Å². The molecule has 0 aliphatic heterocycles. The van der Waals surface area contributed by atoms with Crippen LogP contribution in [0.4, 0.5) is 4.79 Å². The van der Waals surface area contributed by atoms with Gasteiger partial charge < -0.3 is 19.5 Å². The molecule has 0 heterocycles. The van der Waals surface area contributed by atoms with Crippen LogP contribution < -0.4 is 10.6 Å². The zero-order chi connectivity index (χ0) is 25.8. The molecule has 0 spiro atoms. The van der Waals surface area contributed by atoms with Gasteiger partial charge in [0.2, 0.25) is 5.91 Å². The topological polar surface area (TPSA) is 123 Å². The first kappa shape index (κ1) is 28.1. The number of methoxy groups -OCH3 is 1. The van der Waals surface area contributed by atoms with Crippen molar-refractivity contribution in [2.45, 2.75) is 70.7 Å². The van der Waals surface area contributed by atoms with E-state index in [1.807, 2.05) is 30.3 Å². The van der Waals surface area contributed by atoms with E-state index in [0.29, 0.717) is 25.7 Å². The summed E-state index contributed by atoms with van der Waals surface area (Å²) in [6.45, 7) is 5.24. The molecule has 1 aromatic rings. The first-order valence-corrected chi connectivity index (χ1v) is 11.8. The van der Waals surface area contributed by atoms with Crippen molar-refractivity contribution in [3.8, 4) is 0 Å². The number of carbonyl (C=O) groups excluding carboxylic acids is 4. The van der Waals surface area contributed by atoms with E-state index in [0.717, 1.165) is 5.56 Å². The summed E-state index contributed by atoms with van der Waals surface area (Å²) in [6.07, 6.45) is 1.96. The van der Waals surface area contributed by atoms with Crippen LogP contribution in [0.5, 0.6) is 0 Å². The van der Waals surface area contributed by atoms with E-state index in [1.54, 1.807) is 20.8 Å². The lowest BCUT2D eigenvalue weighted by molar-refractivity contribution is -0.144. The molecule has 0 radical (unpaired) electrons. The van der Waals surface area contributed by atoms with Crippen molar-refractivity contribution in [1.29, 1.82) is 0 Å². The first-order valence-electron chi connectivity index (χ1n) is 11.8. The molecule has 1 saturated carbocycles. The Morgan fingerprint density at radius 1 is 0.971 bits per heavy atom. The maximum absolute atomic E-state index is 12.6. The van der Waals surface area contributed by atoms with Crippen LogP contribution in [0.1, 0.15) is 52.0 Å². The molecule has 10 nitrogen and oxygen atoms in total. The van der Waals surface area contributed by atoms with E-state index in [2.05, 4.69) is 10.6 Å². The first-order chi connectivity index (χ1) is 16.6. The maximum Gasteiger partial charge on any atom is 0.411 e. The molecule has 2 amide bonds. The van der Waals surface area contributed by atoms with E-state index in [4.69, 9.17) is 14.2 Å². The number of hydrogen-bond donors (Lipinski definition) is 2. The molecule has 0 unspecified atom stereocenters. The number of hydrogen-bond acceptors (Lipinski definition) is 8. The molecule has 0 bridgehead atoms. The van der Waals surface area contributed by atoms with Crippen molar-refractivity contribution in [3.05, 3.63) is 35.9 Å². The van der Waals surface area contributed by atoms with E-state index < -0.39 is 23.6 Å². The Bertz CT molecular complexity index is 846. The van der Waals surface area contributed by atoms with Gasteiger partial charge in [-0.1, -0.05) is 30.3 Å². The SMILES string of the molecule is COC(=O)CN(C(=O)OC(C)(C)C)C1CCC(NC(=O)CNCC(=O)OCc2ccccc2)CC1. The van der Waals surface area contributed by atoms with Crippen LogP contribution in [0.15, 0.2) is 30.3 Å². The summed E-state index contributed by atoms with van der Waals surface area (Å²) < 4.78 is 15.4. The van der Waals surface area contributed by atoms with Crippen molar-refractivity contribution in [3.63, 3.8) is 0 Å². The van der Waals surface area contributed by atoms with Gasteiger partial charge in [-0.2, -0.15) is 0 Å². The summed E-state index contributed by atoms with van der Waals surface area (Å²) in [4.78, 5) is 50.0. The van der Waals surface area contributed by atoms with Crippen LogP contribution in [0.3, 0.4) is 0 Å². The number of ether oxygens (including phenoxy) is 3. The van der Waals surface area contributed by atoms with Crippen LogP contribution >= 0.6 is 0 Å². The zero-order valence-electron chi connectivity index (χ0n) is 21.0. The van der Waals surface area contributed by atoms with Gasteiger partial charge in [-0.05, 0) is 52.0 Å². The second-order valence-electron chi connectivity index (χ2n) is 9.51. The molecule has 1 fully saturated rings. The lowest BCUT2D eigenvalue weighted by atomic mass is 9.90. The molecule has 2 N–H and O–H groups in total. The third-order valence-corrected chi connectivity index (χ3v) is 5.46. The minimum atomic E-state index is -0.683. The molecular formula is C25H37N3O7. The largest absolute Gasteiger partial charge is 0.468 e. The Morgan fingerprint density at radius 3 is 2.23 bits per heavy atom. The Hall–Kier alpha value is -3.14. The normalized spacial score (nSPS) is 17.7. The van der Waals surface area contributed by atoms with Crippen molar-refractivity contribution in [1.82, 2.24) is 15.5 Å². The van der Waals surface area contributed by atoms with E-state index in [-0.39, 0.29) is 44.2 Å². The molecular weight excluding hydrogens is 454 g/mol. The third-order valence-electron chi connectivity index (χ3n) is 5.46. The Labute approximate surface area is 206 Å². The second-order valence-corrected chi connectivity index (χ2v) is 9.51. The number of nitrogens with one attached hydrogen (secondary N) is 2. The van der Waals surface area contributed by atoms with Gasteiger partial charge in [0.1, 0.15) is 18.8 Å². The van der Waals surface area contributed by atoms with Gasteiger partial charge in [-0.15, -0.1) is 0 Å². The van der Waals surface area contributed by atoms with Crippen molar-refractivity contribution in [2.24, 2.45) is 0 Å². The lowest BCUT2D eigenvalue weighted by Gasteiger charge is -2.37. The molecule has 0 saturated heterocycles. The molecule has 0 aromatic heterocycles. The van der Waals surface area contributed by atoms with Gasteiger partial charge in [0.05, 0.1) is 20.2 Å². The smallest absolute Gasteiger partial charge is 0.411 e. The van der Waals surface area contributed by atoms with E-state index >= 15 is 0 Å². The minimum absolute atomic E-state index is 0.00720. The highest BCUT2D eigenvalue weighted by Gasteiger charge is 2.33. The molecule has 10 heteroatoms. The molecule has 1 aliphatic carbocycles. The third kappa shape index (κ3) is 10.8. The van der Waals surface area contributed by atoms with E-state index in [1.165, 1.54) is 12.0 Å². The van der Waals surface area contributed by atoms with Crippen LogP contribution in [0, 0.1) is 0 Å². The number of amides is 2. The monoisotopic (exact) mass is 491 g/mol. The van der Waals surface area contributed by atoms with Gasteiger partial charge in [-0.3, -0.25) is 24.6 Å². The molecule has 1 aliphatic rings. The fraction of sp³-hybridized carbons (Fsp3) is 0.600. The number of esters is 2. The number of carbonyl (C=O) groups is 4. The highest BCUT2D eigenvalue weighted by atomic mass is 16.6. The van der Waals surface area contributed by atoms with E-state index in [9.17, 15) is 19.2 Å². The van der Waals surface area contributed by atoms with Gasteiger partial charge in [-0.25, -0.2) is 4.79 Å². The molecule has 2 rings (SSSR count). The highest BCUT2D eigenvalue weighted by Crippen LogP contribution is 2.25. The van der Waals surface area contributed by atoms with Crippen LogP contribution in [0.25, 0.3) is 0 Å². The van der Waals surface area contributed by atoms with Crippen LogP contribution in [-0.4, -0.2) is 73.3 Å². The minimum Gasteiger partial charge on any atom is -0.468 e. The van der Waals surface area contributed by atoms with Gasteiger partial charge in [0.25, 0.3) is 0 Å². The maximum atomic E-state index is 12.6. The number of nitrogens with zero attached hydrogens (tertiary/aromatic N) is 1. The quantitative estimate of drug-likeness (QED) is 0.377. The summed E-state index contributed by atoms with van der Waals surface area (Å²) in [5.74, 6) is -1.17. The molecule has 1 aromatic carbocycles. The summed E-state index contributed by atoms with van der Waals surface area (Å²) in [6, 6.07) is 9.12. The average Bonchev–Trinajstić information content (AvgIpc) is 2.81. The predicted molar refractivity (Wildman–Crippen MR) is 128 cm³/mol. The summed E-state index contributed by atoms with van der Waals surface area (Å²) >= 11 is 0. The molecule has 0 atom stereocenters. The summed E-state index contributed by atoms with van der Waals surface area (Å²) in [5.41, 5.74) is 0.212. The highest BCUT2D eigenvalue weighted by molar-refractivity contribution is 5.80. The lowest BCUT2D eigenvalue weighted by Crippen LogP contribution is -2.50. The number of benzene rings is 1. The summed E-state index contributed by atoms with van der Waals surface area (Å²) in [7, 11) is 1.28. The molecule has 194 valence electrons. The molecule has 35 heavy (non-hydrogen) atoms. The Kier molecular flexibility index (Phi) is 11.0. The van der Waals surface area contributed by atoms with Crippen molar-refractivity contribution < 1.29 is 33.4 Å². The Balaban J connectivity index is 1.72. The standard InChI is InChI=1S/C25H37N3O7/c1-25(2,3)35-24(32)28(16-23(31)33-4)20-12-10-19(11-13-20)27-21(29)14-26-15-22(30)34-17-18-8-6-5-7-9-18/h5-9,19-20,26H,10-17H2,1-4H3,(H,27,29). The predicted octanol–water partition coefficient (Wildman–Crippen LogP) is 2.16. The summed E-state index contributed by atoms with van der Waals surface area (Å²) in [5, 5.41) is 5.74. The fourth-order valence-electron chi connectivity index (χ4n) is 3.74. The Morgan fingerprint density at radius 2 is 1.63 bits per heavy atom. The van der Waals surface area contributed by atoms with Gasteiger partial charge in [0.15, 0.2) is 0 Å². The average molecular weight is 492 g/mol. The van der Waals surface area contributed by atoms with Crippen LogP contribution in [0.2, 0.25) is 0 Å². The number of rotatable bonds is 10. The van der Waals surface area contributed by atoms with Crippen LogP contribution in [-0.2, 0) is 35.2 Å².